The number of ether oxygens (including phenoxy) is 1. The van der Waals surface area contributed by atoms with E-state index in [1.54, 1.807) is 11.0 Å². The van der Waals surface area contributed by atoms with Crippen molar-refractivity contribution in [1.82, 2.24) is 25.1 Å². The fourth-order valence-electron chi connectivity index (χ4n) is 2.88. The first-order valence-electron chi connectivity index (χ1n) is 7.97. The lowest BCUT2D eigenvalue weighted by atomic mass is 10.1. The number of aromatic nitrogens is 4. The van der Waals surface area contributed by atoms with Crippen molar-refractivity contribution in [1.29, 1.82) is 0 Å². The zero-order chi connectivity index (χ0) is 16.1. The van der Waals surface area contributed by atoms with Crippen LogP contribution in [0.25, 0.3) is 5.69 Å². The number of morpholine rings is 1. The van der Waals surface area contributed by atoms with Crippen molar-refractivity contribution in [2.45, 2.75) is 32.2 Å². The molecule has 7 nitrogen and oxygen atoms in total. The van der Waals surface area contributed by atoms with Crippen LogP contribution in [0.2, 0.25) is 0 Å². The molecule has 0 N–H and O–H groups in total. The van der Waals surface area contributed by atoms with Crippen LogP contribution in [0.4, 0.5) is 0 Å². The molecule has 23 heavy (non-hydrogen) atoms. The van der Waals surface area contributed by atoms with Gasteiger partial charge in [0.1, 0.15) is 6.33 Å². The molecule has 1 aliphatic rings. The molecule has 1 aliphatic heterocycles. The van der Waals surface area contributed by atoms with Gasteiger partial charge in [-0.25, -0.2) is 4.68 Å². The highest BCUT2D eigenvalue weighted by atomic mass is 16.5. The Morgan fingerprint density at radius 2 is 2.17 bits per heavy atom. The largest absolute Gasteiger partial charge is 0.377 e. The lowest BCUT2D eigenvalue weighted by molar-refractivity contribution is -0.139. The molecule has 0 saturated carbocycles. The predicted molar refractivity (Wildman–Crippen MR) is 84.1 cm³/mol. The van der Waals surface area contributed by atoms with Crippen LogP contribution >= 0.6 is 0 Å². The average Bonchev–Trinajstić information content (AvgIpc) is 3.11. The average molecular weight is 315 g/mol. The Balaban J connectivity index is 1.65. The molecule has 2 heterocycles. The summed E-state index contributed by atoms with van der Waals surface area (Å²) in [5.41, 5.74) is 1.87. The van der Waals surface area contributed by atoms with Gasteiger partial charge in [0.05, 0.1) is 31.4 Å². The van der Waals surface area contributed by atoms with E-state index in [0.29, 0.717) is 26.2 Å². The Kier molecular flexibility index (Phi) is 4.97. The second-order valence-electron chi connectivity index (χ2n) is 5.70. The highest BCUT2D eigenvalue weighted by molar-refractivity contribution is 5.79. The molecular formula is C16H21N5O2. The molecule has 1 atom stereocenters. The van der Waals surface area contributed by atoms with Gasteiger partial charge in [-0.3, -0.25) is 4.79 Å². The van der Waals surface area contributed by atoms with Crippen LogP contribution in [0.15, 0.2) is 30.6 Å². The topological polar surface area (TPSA) is 73.1 Å². The van der Waals surface area contributed by atoms with E-state index in [-0.39, 0.29) is 11.9 Å². The molecular weight excluding hydrogens is 294 g/mol. The molecule has 0 radical (unpaired) electrons. The number of benzene rings is 1. The van der Waals surface area contributed by atoms with Crippen molar-refractivity contribution in [3.8, 4) is 5.69 Å². The van der Waals surface area contributed by atoms with Crippen LogP contribution in [0.5, 0.6) is 0 Å². The molecule has 7 heteroatoms. The summed E-state index contributed by atoms with van der Waals surface area (Å²) in [6, 6.07) is 7.94. The van der Waals surface area contributed by atoms with Gasteiger partial charge < -0.3 is 9.64 Å². The first-order valence-corrected chi connectivity index (χ1v) is 7.97. The number of carbonyl (C=O) groups is 1. The molecule has 0 bridgehead atoms. The summed E-state index contributed by atoms with van der Waals surface area (Å²) >= 11 is 0. The van der Waals surface area contributed by atoms with Gasteiger partial charge in [0, 0.05) is 6.54 Å². The van der Waals surface area contributed by atoms with Crippen LogP contribution < -0.4 is 0 Å². The maximum atomic E-state index is 12.6. The Morgan fingerprint density at radius 3 is 2.87 bits per heavy atom. The highest BCUT2D eigenvalue weighted by Gasteiger charge is 2.26. The number of hydrogen-bond acceptors (Lipinski definition) is 5. The molecule has 1 saturated heterocycles. The van der Waals surface area contributed by atoms with Crippen LogP contribution in [0.1, 0.15) is 25.3 Å². The van der Waals surface area contributed by atoms with Gasteiger partial charge in [-0.2, -0.15) is 0 Å². The SMILES string of the molecule is CCC[C@H]1COCCN1C(=O)Cc1ccc(-n2cnnn2)cc1. The van der Waals surface area contributed by atoms with Gasteiger partial charge in [-0.15, -0.1) is 5.10 Å². The van der Waals surface area contributed by atoms with Crippen LogP contribution in [-0.2, 0) is 16.0 Å². The molecule has 3 rings (SSSR count). The normalized spacial score (nSPS) is 18.1. The number of rotatable bonds is 5. The van der Waals surface area contributed by atoms with Crippen molar-refractivity contribution in [3.63, 3.8) is 0 Å². The quantitative estimate of drug-likeness (QED) is 0.830. The summed E-state index contributed by atoms with van der Waals surface area (Å²) in [5, 5.41) is 11.1. The molecule has 1 fully saturated rings. The van der Waals surface area contributed by atoms with Crippen LogP contribution in [0, 0.1) is 0 Å². The van der Waals surface area contributed by atoms with Gasteiger partial charge in [0.25, 0.3) is 0 Å². The van der Waals surface area contributed by atoms with E-state index < -0.39 is 0 Å². The van der Waals surface area contributed by atoms with E-state index >= 15 is 0 Å². The summed E-state index contributed by atoms with van der Waals surface area (Å²) in [6.45, 7) is 4.10. The fourth-order valence-corrected chi connectivity index (χ4v) is 2.88. The minimum Gasteiger partial charge on any atom is -0.377 e. The third kappa shape index (κ3) is 3.73. The van der Waals surface area contributed by atoms with Gasteiger partial charge in [-0.1, -0.05) is 25.5 Å². The number of nitrogens with zero attached hydrogens (tertiary/aromatic N) is 5. The molecule has 0 spiro atoms. The molecule has 1 aromatic carbocycles. The van der Waals surface area contributed by atoms with Crippen molar-refractivity contribution in [2.75, 3.05) is 19.8 Å². The minimum atomic E-state index is 0.168. The minimum absolute atomic E-state index is 0.168. The lowest BCUT2D eigenvalue weighted by Gasteiger charge is -2.35. The molecule has 2 aromatic rings. The summed E-state index contributed by atoms with van der Waals surface area (Å²) < 4.78 is 7.10. The first-order chi connectivity index (χ1) is 11.3. The molecule has 1 amide bonds. The summed E-state index contributed by atoms with van der Waals surface area (Å²) in [5.74, 6) is 0.168. The fraction of sp³-hybridized carbons (Fsp3) is 0.500. The number of tetrazole rings is 1. The zero-order valence-electron chi connectivity index (χ0n) is 13.3. The molecule has 0 aliphatic carbocycles. The monoisotopic (exact) mass is 315 g/mol. The van der Waals surface area contributed by atoms with Crippen LogP contribution in [-0.4, -0.2) is 56.8 Å². The van der Waals surface area contributed by atoms with E-state index in [1.807, 2.05) is 29.2 Å². The van der Waals surface area contributed by atoms with Crippen molar-refractivity contribution in [3.05, 3.63) is 36.2 Å². The van der Waals surface area contributed by atoms with E-state index in [1.165, 1.54) is 0 Å². The van der Waals surface area contributed by atoms with Crippen molar-refractivity contribution in [2.24, 2.45) is 0 Å². The zero-order valence-corrected chi connectivity index (χ0v) is 13.3. The van der Waals surface area contributed by atoms with Crippen LogP contribution in [0.3, 0.4) is 0 Å². The Bertz CT molecular complexity index is 624. The van der Waals surface area contributed by atoms with E-state index in [9.17, 15) is 4.79 Å². The molecule has 122 valence electrons. The van der Waals surface area contributed by atoms with Gasteiger partial charge in [0.2, 0.25) is 5.91 Å². The first kappa shape index (κ1) is 15.6. The third-order valence-electron chi connectivity index (χ3n) is 4.08. The van der Waals surface area contributed by atoms with Gasteiger partial charge >= 0.3 is 0 Å². The number of amides is 1. The van der Waals surface area contributed by atoms with Crippen molar-refractivity contribution >= 4 is 5.91 Å². The van der Waals surface area contributed by atoms with E-state index in [4.69, 9.17) is 4.74 Å². The van der Waals surface area contributed by atoms with Gasteiger partial charge in [0.15, 0.2) is 0 Å². The van der Waals surface area contributed by atoms with Crippen molar-refractivity contribution < 1.29 is 9.53 Å². The highest BCUT2D eigenvalue weighted by Crippen LogP contribution is 2.15. The number of hydrogen-bond donors (Lipinski definition) is 0. The number of carbonyl (C=O) groups excluding carboxylic acids is 1. The summed E-state index contributed by atoms with van der Waals surface area (Å²) in [6.07, 6.45) is 4.00. The Labute approximate surface area is 135 Å². The van der Waals surface area contributed by atoms with Gasteiger partial charge in [-0.05, 0) is 34.5 Å². The van der Waals surface area contributed by atoms with E-state index in [2.05, 4.69) is 22.4 Å². The van der Waals surface area contributed by atoms with E-state index in [0.717, 1.165) is 24.1 Å². The lowest BCUT2D eigenvalue weighted by Crippen LogP contribution is -2.49. The maximum Gasteiger partial charge on any atom is 0.227 e. The second-order valence-corrected chi connectivity index (χ2v) is 5.70. The summed E-state index contributed by atoms with van der Waals surface area (Å²) in [7, 11) is 0. The third-order valence-corrected chi connectivity index (χ3v) is 4.08. The maximum absolute atomic E-state index is 12.6. The Hall–Kier alpha value is -2.28. The second kappa shape index (κ2) is 7.32. The predicted octanol–water partition coefficient (Wildman–Crippen LogP) is 1.23. The standard InChI is InChI=1S/C16H21N5O2/c1-2-3-15-11-23-9-8-20(15)16(22)10-13-4-6-14(7-5-13)21-12-17-18-19-21/h4-7,12,15H,2-3,8-11H2,1H3/t15-/m0/s1. The molecule has 1 aromatic heterocycles. The smallest absolute Gasteiger partial charge is 0.227 e. The molecule has 0 unspecified atom stereocenters. The summed E-state index contributed by atoms with van der Waals surface area (Å²) in [4.78, 5) is 14.6. The Morgan fingerprint density at radius 1 is 1.35 bits per heavy atom.